The molecule has 2 heterocycles. The molecular formula is C23H29ClN4O3S. The molecule has 1 aliphatic carbocycles. The second-order valence-corrected chi connectivity index (χ2v) is 9.82. The van der Waals surface area contributed by atoms with E-state index in [1.54, 1.807) is 29.5 Å². The van der Waals surface area contributed by atoms with Crippen LogP contribution in [0.4, 0.5) is 5.13 Å². The fraction of sp³-hybridized carbons (Fsp3) is 0.565. The first-order chi connectivity index (χ1) is 15.5. The normalized spacial score (nSPS) is 17.4. The topological polar surface area (TPSA) is 75.6 Å². The number of ketones is 1. The number of nitrogens with zero attached hydrogens (tertiary/aromatic N) is 4. The van der Waals surface area contributed by atoms with Gasteiger partial charge in [0.15, 0.2) is 5.78 Å². The van der Waals surface area contributed by atoms with E-state index in [9.17, 15) is 9.59 Å². The van der Waals surface area contributed by atoms with Gasteiger partial charge in [-0.3, -0.25) is 9.59 Å². The maximum absolute atomic E-state index is 12.7. The SMILES string of the molecule is COc1ccc(Cl)cc1C(=O)CCC(=O)N1CCN(c2nnc(C3CCCCC3)s2)CC1. The molecular weight excluding hydrogens is 448 g/mol. The molecule has 0 spiro atoms. The zero-order valence-electron chi connectivity index (χ0n) is 18.4. The number of aromatic nitrogens is 2. The third-order valence-electron chi connectivity index (χ3n) is 6.32. The molecule has 0 radical (unpaired) electrons. The van der Waals surface area contributed by atoms with Gasteiger partial charge in [-0.15, -0.1) is 10.2 Å². The first-order valence-corrected chi connectivity index (χ1v) is 12.5. The summed E-state index contributed by atoms with van der Waals surface area (Å²) in [6, 6.07) is 4.94. The van der Waals surface area contributed by atoms with Crippen molar-refractivity contribution in [1.29, 1.82) is 0 Å². The van der Waals surface area contributed by atoms with Crippen LogP contribution in [0.2, 0.25) is 5.02 Å². The molecule has 2 aromatic rings. The fourth-order valence-electron chi connectivity index (χ4n) is 4.43. The molecule has 9 heteroatoms. The molecule has 1 aromatic carbocycles. The molecule has 1 aromatic heterocycles. The van der Waals surface area contributed by atoms with Crippen LogP contribution in [0.25, 0.3) is 0 Å². The number of anilines is 1. The standard InChI is InChI=1S/C23H29ClN4O3S/c1-31-20-9-7-17(24)15-18(20)19(29)8-10-21(30)27-11-13-28(14-12-27)23-26-25-22(32-23)16-5-3-2-4-6-16/h7,9,15-16H,2-6,8,10-14H2,1H3. The molecule has 0 bridgehead atoms. The van der Waals surface area contributed by atoms with E-state index in [0.29, 0.717) is 35.3 Å². The van der Waals surface area contributed by atoms with Crippen LogP contribution in [-0.4, -0.2) is 60.1 Å². The minimum atomic E-state index is -0.138. The Bertz CT molecular complexity index is 952. The molecule has 0 N–H and O–H groups in total. The predicted molar refractivity (Wildman–Crippen MR) is 126 cm³/mol. The van der Waals surface area contributed by atoms with Gasteiger partial charge >= 0.3 is 0 Å². The summed E-state index contributed by atoms with van der Waals surface area (Å²) in [5.41, 5.74) is 0.419. The Morgan fingerprint density at radius 1 is 1.09 bits per heavy atom. The van der Waals surface area contributed by atoms with E-state index in [0.717, 1.165) is 23.2 Å². The summed E-state index contributed by atoms with van der Waals surface area (Å²) >= 11 is 7.72. The lowest BCUT2D eigenvalue weighted by atomic mass is 9.90. The number of piperazine rings is 1. The first kappa shape index (κ1) is 23.0. The van der Waals surface area contributed by atoms with Gasteiger partial charge in [-0.25, -0.2) is 0 Å². The number of halogens is 1. The third kappa shape index (κ3) is 5.41. The molecule has 32 heavy (non-hydrogen) atoms. The lowest BCUT2D eigenvalue weighted by Gasteiger charge is -2.34. The molecule has 1 saturated heterocycles. The lowest BCUT2D eigenvalue weighted by molar-refractivity contribution is -0.131. The van der Waals surface area contributed by atoms with Crippen molar-refractivity contribution >= 4 is 39.8 Å². The van der Waals surface area contributed by atoms with E-state index >= 15 is 0 Å². The Morgan fingerprint density at radius 3 is 2.56 bits per heavy atom. The van der Waals surface area contributed by atoms with E-state index in [1.807, 2.05) is 4.90 Å². The number of amides is 1. The van der Waals surface area contributed by atoms with Crippen LogP contribution in [0.1, 0.15) is 66.2 Å². The van der Waals surface area contributed by atoms with Gasteiger partial charge in [0, 0.05) is 50.0 Å². The number of methoxy groups -OCH3 is 1. The second kappa shape index (κ2) is 10.6. The minimum absolute atomic E-state index is 0.000784. The number of rotatable bonds is 7. The average Bonchev–Trinajstić information content (AvgIpc) is 3.33. The number of hydrogen-bond acceptors (Lipinski definition) is 7. The monoisotopic (exact) mass is 476 g/mol. The van der Waals surface area contributed by atoms with Crippen molar-refractivity contribution in [3.8, 4) is 5.75 Å². The van der Waals surface area contributed by atoms with Crippen LogP contribution in [-0.2, 0) is 4.79 Å². The summed E-state index contributed by atoms with van der Waals surface area (Å²) in [5.74, 6) is 0.901. The van der Waals surface area contributed by atoms with Crippen molar-refractivity contribution in [2.24, 2.45) is 0 Å². The molecule has 0 atom stereocenters. The predicted octanol–water partition coefficient (Wildman–Crippen LogP) is 4.56. The molecule has 4 rings (SSSR count). The zero-order valence-corrected chi connectivity index (χ0v) is 20.0. The van der Waals surface area contributed by atoms with Gasteiger partial charge in [0.05, 0.1) is 12.7 Å². The van der Waals surface area contributed by atoms with Gasteiger partial charge in [-0.05, 0) is 31.0 Å². The third-order valence-corrected chi connectivity index (χ3v) is 7.70. The number of carbonyl (C=O) groups excluding carboxylic acids is 2. The highest BCUT2D eigenvalue weighted by atomic mass is 35.5. The summed E-state index contributed by atoms with van der Waals surface area (Å²) in [4.78, 5) is 29.3. The fourth-order valence-corrected chi connectivity index (χ4v) is 5.66. The molecule has 0 unspecified atom stereocenters. The van der Waals surface area contributed by atoms with E-state index in [2.05, 4.69) is 15.1 Å². The summed E-state index contributed by atoms with van der Waals surface area (Å²) in [7, 11) is 1.51. The first-order valence-electron chi connectivity index (χ1n) is 11.3. The van der Waals surface area contributed by atoms with Crippen LogP contribution in [0, 0.1) is 0 Å². The summed E-state index contributed by atoms with van der Waals surface area (Å²) in [5, 5.41) is 11.5. The van der Waals surface area contributed by atoms with E-state index in [1.165, 1.54) is 39.2 Å². The molecule has 2 fully saturated rings. The van der Waals surface area contributed by atoms with E-state index in [-0.39, 0.29) is 24.5 Å². The minimum Gasteiger partial charge on any atom is -0.496 e. The highest BCUT2D eigenvalue weighted by Crippen LogP contribution is 2.36. The maximum Gasteiger partial charge on any atom is 0.223 e. The van der Waals surface area contributed by atoms with Crippen molar-refractivity contribution in [2.75, 3.05) is 38.2 Å². The van der Waals surface area contributed by atoms with Crippen molar-refractivity contribution in [3.05, 3.63) is 33.8 Å². The smallest absolute Gasteiger partial charge is 0.223 e. The van der Waals surface area contributed by atoms with Crippen LogP contribution in [0.15, 0.2) is 18.2 Å². The van der Waals surface area contributed by atoms with Crippen LogP contribution in [0.5, 0.6) is 5.75 Å². The van der Waals surface area contributed by atoms with E-state index < -0.39 is 0 Å². The molecule has 1 amide bonds. The van der Waals surface area contributed by atoms with Crippen molar-refractivity contribution in [2.45, 2.75) is 50.9 Å². The van der Waals surface area contributed by atoms with Gasteiger partial charge in [-0.1, -0.05) is 42.2 Å². The zero-order chi connectivity index (χ0) is 22.5. The Morgan fingerprint density at radius 2 is 1.84 bits per heavy atom. The Labute approximate surface area is 197 Å². The molecule has 7 nitrogen and oxygen atoms in total. The summed E-state index contributed by atoms with van der Waals surface area (Å²) in [6.45, 7) is 2.74. The number of Topliss-reactive ketones (excluding diaryl/α,β-unsaturated/α-hetero) is 1. The van der Waals surface area contributed by atoms with Gasteiger partial charge in [0.2, 0.25) is 11.0 Å². The Balaban J connectivity index is 1.26. The van der Waals surface area contributed by atoms with E-state index in [4.69, 9.17) is 16.3 Å². The molecule has 2 aliphatic rings. The summed E-state index contributed by atoms with van der Waals surface area (Å²) in [6.07, 6.45) is 6.65. The number of hydrogen-bond donors (Lipinski definition) is 0. The number of benzene rings is 1. The largest absolute Gasteiger partial charge is 0.496 e. The highest BCUT2D eigenvalue weighted by molar-refractivity contribution is 7.15. The number of carbonyl (C=O) groups is 2. The van der Waals surface area contributed by atoms with Crippen molar-refractivity contribution < 1.29 is 14.3 Å². The van der Waals surface area contributed by atoms with Crippen molar-refractivity contribution in [1.82, 2.24) is 15.1 Å². The second-order valence-electron chi connectivity index (χ2n) is 8.39. The van der Waals surface area contributed by atoms with Gasteiger partial charge < -0.3 is 14.5 Å². The maximum atomic E-state index is 12.7. The van der Waals surface area contributed by atoms with Crippen molar-refractivity contribution in [3.63, 3.8) is 0 Å². The summed E-state index contributed by atoms with van der Waals surface area (Å²) < 4.78 is 5.25. The van der Waals surface area contributed by atoms with Crippen LogP contribution >= 0.6 is 22.9 Å². The molecule has 172 valence electrons. The van der Waals surface area contributed by atoms with Crippen LogP contribution in [0.3, 0.4) is 0 Å². The quantitative estimate of drug-likeness (QED) is 0.545. The van der Waals surface area contributed by atoms with Gasteiger partial charge in [0.1, 0.15) is 10.8 Å². The number of ether oxygens (including phenoxy) is 1. The average molecular weight is 477 g/mol. The van der Waals surface area contributed by atoms with Gasteiger partial charge in [-0.2, -0.15) is 0 Å². The molecule has 1 saturated carbocycles. The Kier molecular flexibility index (Phi) is 7.63. The lowest BCUT2D eigenvalue weighted by Crippen LogP contribution is -2.48. The highest BCUT2D eigenvalue weighted by Gasteiger charge is 2.26. The Hall–Kier alpha value is -2.19. The van der Waals surface area contributed by atoms with Gasteiger partial charge in [0.25, 0.3) is 0 Å². The molecule has 1 aliphatic heterocycles. The van der Waals surface area contributed by atoms with Crippen LogP contribution < -0.4 is 9.64 Å².